The van der Waals surface area contributed by atoms with E-state index in [0.29, 0.717) is 56.4 Å². The zero-order valence-electron chi connectivity index (χ0n) is 23.2. The van der Waals surface area contributed by atoms with E-state index >= 15 is 0 Å². The molecule has 1 aromatic rings. The molecule has 0 spiro atoms. The summed E-state index contributed by atoms with van der Waals surface area (Å²) < 4.78 is 33.8. The summed E-state index contributed by atoms with van der Waals surface area (Å²) >= 11 is 0. The van der Waals surface area contributed by atoms with E-state index in [1.54, 1.807) is 31.4 Å². The summed E-state index contributed by atoms with van der Waals surface area (Å²) in [6.07, 6.45) is 6.00. The molecule has 4 fully saturated rings. The van der Waals surface area contributed by atoms with Gasteiger partial charge in [-0.05, 0) is 87.0 Å². The first kappa shape index (κ1) is 28.1. The fourth-order valence-corrected chi connectivity index (χ4v) is 9.99. The SMILES string of the molecule is COc1ccc(C(=O)NC2CCC(NC(=O)[C@H]3CCCN3S(=O)(=O)C[C@]34CCC(CC3=O)C4(C)C)CC2)cc1. The van der Waals surface area contributed by atoms with E-state index in [-0.39, 0.29) is 46.8 Å². The minimum Gasteiger partial charge on any atom is -0.497 e. The number of nitrogens with one attached hydrogen (secondary N) is 2. The van der Waals surface area contributed by atoms with Crippen molar-refractivity contribution >= 4 is 27.6 Å². The first-order valence-corrected chi connectivity index (χ1v) is 15.9. The molecule has 2 amide bonds. The molecule has 9 nitrogen and oxygen atoms in total. The van der Waals surface area contributed by atoms with Crippen molar-refractivity contribution < 1.29 is 27.5 Å². The molecule has 0 radical (unpaired) electrons. The molecule has 3 atom stereocenters. The average molecular weight is 560 g/mol. The van der Waals surface area contributed by atoms with Gasteiger partial charge in [-0.3, -0.25) is 14.4 Å². The highest BCUT2D eigenvalue weighted by atomic mass is 32.2. The molecule has 1 aromatic carbocycles. The average Bonchev–Trinajstić information content (AvgIpc) is 3.55. The van der Waals surface area contributed by atoms with E-state index in [0.717, 1.165) is 19.3 Å². The lowest BCUT2D eigenvalue weighted by Gasteiger charge is -2.38. The van der Waals surface area contributed by atoms with E-state index < -0.39 is 21.5 Å². The fourth-order valence-electron chi connectivity index (χ4n) is 7.53. The first-order valence-electron chi connectivity index (χ1n) is 14.2. The van der Waals surface area contributed by atoms with Crippen LogP contribution in [-0.4, -0.2) is 67.9 Å². The molecule has 4 aliphatic rings. The topological polar surface area (TPSA) is 122 Å². The maximum Gasteiger partial charge on any atom is 0.251 e. The predicted molar refractivity (Wildman–Crippen MR) is 147 cm³/mol. The molecule has 1 aliphatic heterocycles. The summed E-state index contributed by atoms with van der Waals surface area (Å²) in [6.45, 7) is 4.39. The van der Waals surface area contributed by atoms with Gasteiger partial charge in [-0.15, -0.1) is 0 Å². The number of benzene rings is 1. The number of carbonyl (C=O) groups excluding carboxylic acids is 3. The number of ether oxygens (including phenoxy) is 1. The lowest BCUT2D eigenvalue weighted by atomic mass is 9.70. The van der Waals surface area contributed by atoms with E-state index in [2.05, 4.69) is 10.6 Å². The van der Waals surface area contributed by atoms with Crippen LogP contribution in [0.4, 0.5) is 0 Å². The molecule has 10 heteroatoms. The van der Waals surface area contributed by atoms with Gasteiger partial charge in [0.15, 0.2) is 0 Å². The van der Waals surface area contributed by atoms with Crippen LogP contribution in [0.2, 0.25) is 0 Å². The van der Waals surface area contributed by atoms with E-state index in [1.807, 2.05) is 13.8 Å². The largest absolute Gasteiger partial charge is 0.497 e. The Morgan fingerprint density at radius 2 is 1.64 bits per heavy atom. The lowest BCUT2D eigenvalue weighted by molar-refractivity contribution is -0.128. The van der Waals surface area contributed by atoms with E-state index in [1.165, 1.54) is 4.31 Å². The number of rotatable bonds is 8. The molecule has 1 saturated heterocycles. The Kier molecular flexibility index (Phi) is 7.56. The van der Waals surface area contributed by atoms with E-state index in [4.69, 9.17) is 4.74 Å². The number of sulfonamides is 1. The van der Waals surface area contributed by atoms with Gasteiger partial charge >= 0.3 is 0 Å². The van der Waals surface area contributed by atoms with Gasteiger partial charge in [-0.25, -0.2) is 8.42 Å². The van der Waals surface area contributed by atoms with Crippen molar-refractivity contribution in [2.45, 2.75) is 89.8 Å². The third-order valence-corrected chi connectivity index (χ3v) is 12.2. The number of hydrogen-bond donors (Lipinski definition) is 2. The zero-order chi connectivity index (χ0) is 28.0. The summed E-state index contributed by atoms with van der Waals surface area (Å²) in [6, 6.07) is 6.22. The Balaban J connectivity index is 1.15. The van der Waals surface area contributed by atoms with Gasteiger partial charge in [-0.1, -0.05) is 13.8 Å². The van der Waals surface area contributed by atoms with Crippen LogP contribution in [-0.2, 0) is 19.6 Å². The highest BCUT2D eigenvalue weighted by Crippen LogP contribution is 2.64. The molecule has 3 saturated carbocycles. The smallest absolute Gasteiger partial charge is 0.251 e. The van der Waals surface area contributed by atoms with Gasteiger partial charge in [0.1, 0.15) is 17.6 Å². The minimum absolute atomic E-state index is 0.0258. The van der Waals surface area contributed by atoms with Crippen LogP contribution >= 0.6 is 0 Å². The molecule has 39 heavy (non-hydrogen) atoms. The highest BCUT2D eigenvalue weighted by molar-refractivity contribution is 7.89. The van der Waals surface area contributed by atoms with Gasteiger partial charge in [-0.2, -0.15) is 4.31 Å². The number of amides is 2. The van der Waals surface area contributed by atoms with Crippen molar-refractivity contribution in [3.8, 4) is 5.75 Å². The van der Waals surface area contributed by atoms with Gasteiger partial charge < -0.3 is 15.4 Å². The quantitative estimate of drug-likeness (QED) is 0.505. The third kappa shape index (κ3) is 5.10. The number of carbonyl (C=O) groups is 3. The maximum absolute atomic E-state index is 13.7. The van der Waals surface area contributed by atoms with Gasteiger partial charge in [0.05, 0.1) is 12.9 Å². The normalized spacial score (nSPS) is 32.2. The standard InChI is InChI=1S/C29H41N3O6S/c1-28(2)20-14-15-29(28,25(33)17-20)18-39(36,37)32-16-4-5-24(32)27(35)31-22-10-8-21(9-11-22)30-26(34)19-6-12-23(38-3)13-7-19/h6-7,12-13,20-22,24H,4-5,8-11,14-18H2,1-3H3,(H,30,34)(H,31,35)/t20?,21?,22?,24-,29-/m1/s1. The number of fused-ring (bicyclic) bond motifs is 2. The van der Waals surface area contributed by atoms with Crippen LogP contribution in [0.5, 0.6) is 5.75 Å². The number of hydrogen-bond acceptors (Lipinski definition) is 6. The first-order chi connectivity index (χ1) is 18.5. The summed E-state index contributed by atoms with van der Waals surface area (Å²) in [5, 5.41) is 6.17. The van der Waals surface area contributed by atoms with Gasteiger partial charge in [0, 0.05) is 36.0 Å². The summed E-state index contributed by atoms with van der Waals surface area (Å²) in [4.78, 5) is 38.8. The van der Waals surface area contributed by atoms with Crippen molar-refractivity contribution in [2.24, 2.45) is 16.7 Å². The Bertz CT molecular complexity index is 1220. The predicted octanol–water partition coefficient (Wildman–Crippen LogP) is 3.04. The van der Waals surface area contributed by atoms with Crippen molar-refractivity contribution in [1.29, 1.82) is 0 Å². The summed E-state index contributed by atoms with van der Waals surface area (Å²) in [5.74, 6) is 0.441. The molecule has 2 bridgehead atoms. The Hall–Kier alpha value is -2.46. The van der Waals surface area contributed by atoms with Crippen molar-refractivity contribution in [3.05, 3.63) is 29.8 Å². The number of methoxy groups -OCH3 is 1. The number of Topliss-reactive ketones (excluding diaryl/α,β-unsaturated/α-hetero) is 1. The van der Waals surface area contributed by atoms with Crippen LogP contribution in [0.3, 0.4) is 0 Å². The summed E-state index contributed by atoms with van der Waals surface area (Å²) in [7, 11) is -2.20. The maximum atomic E-state index is 13.7. The van der Waals surface area contributed by atoms with Crippen molar-refractivity contribution in [3.63, 3.8) is 0 Å². The van der Waals surface area contributed by atoms with Crippen LogP contribution in [0.15, 0.2) is 24.3 Å². The van der Waals surface area contributed by atoms with Crippen molar-refractivity contribution in [2.75, 3.05) is 19.4 Å². The molecule has 1 unspecified atom stereocenters. The fraction of sp³-hybridized carbons (Fsp3) is 0.690. The summed E-state index contributed by atoms with van der Waals surface area (Å²) in [5.41, 5.74) is -0.603. The van der Waals surface area contributed by atoms with Crippen LogP contribution in [0, 0.1) is 16.7 Å². The lowest BCUT2D eigenvalue weighted by Crippen LogP contribution is -2.53. The van der Waals surface area contributed by atoms with Crippen LogP contribution < -0.4 is 15.4 Å². The second-order valence-corrected chi connectivity index (χ2v) is 14.4. The van der Waals surface area contributed by atoms with Crippen molar-refractivity contribution in [1.82, 2.24) is 14.9 Å². The number of nitrogens with zero attached hydrogens (tertiary/aromatic N) is 1. The second-order valence-electron chi connectivity index (χ2n) is 12.5. The molecule has 0 aromatic heterocycles. The Labute approximate surface area is 231 Å². The zero-order valence-corrected chi connectivity index (χ0v) is 24.0. The molecular formula is C29H41N3O6S. The monoisotopic (exact) mass is 559 g/mol. The van der Waals surface area contributed by atoms with Crippen LogP contribution in [0.1, 0.15) is 82.0 Å². The van der Waals surface area contributed by atoms with Crippen LogP contribution in [0.25, 0.3) is 0 Å². The third-order valence-electron chi connectivity index (χ3n) is 10.2. The molecule has 3 aliphatic carbocycles. The molecule has 5 rings (SSSR count). The molecular weight excluding hydrogens is 518 g/mol. The Morgan fingerprint density at radius 3 is 2.21 bits per heavy atom. The Morgan fingerprint density at radius 1 is 1.00 bits per heavy atom. The highest BCUT2D eigenvalue weighted by Gasteiger charge is 2.66. The molecule has 214 valence electrons. The molecule has 2 N–H and O–H groups in total. The van der Waals surface area contributed by atoms with E-state index in [9.17, 15) is 22.8 Å². The second kappa shape index (κ2) is 10.5. The minimum atomic E-state index is -3.78. The van der Waals surface area contributed by atoms with Gasteiger partial charge in [0.25, 0.3) is 5.91 Å². The van der Waals surface area contributed by atoms with Gasteiger partial charge in [0.2, 0.25) is 15.9 Å². The molecule has 1 heterocycles. The number of ketones is 1.